The van der Waals surface area contributed by atoms with Gasteiger partial charge in [-0.1, -0.05) is 32.6 Å². The summed E-state index contributed by atoms with van der Waals surface area (Å²) in [6.07, 6.45) is 5.20. The lowest BCUT2D eigenvalue weighted by atomic mass is 10.4. The molecular formula is C10H16N2O. The smallest absolute Gasteiger partial charge is 0.306 e. The minimum Gasteiger partial charge on any atom is -0.306 e. The van der Waals surface area contributed by atoms with Gasteiger partial charge in [-0.25, -0.2) is 4.79 Å². The maximum Gasteiger partial charge on any atom is 0.323 e. The van der Waals surface area contributed by atoms with Gasteiger partial charge in [0.1, 0.15) is 0 Å². The van der Waals surface area contributed by atoms with Crippen LogP contribution in [0.2, 0.25) is 0 Å². The van der Waals surface area contributed by atoms with Crippen LogP contribution in [-0.4, -0.2) is 9.97 Å². The first-order valence-electron chi connectivity index (χ1n) is 4.35. The summed E-state index contributed by atoms with van der Waals surface area (Å²) >= 11 is 0. The maximum atomic E-state index is 10.8. The third kappa shape index (κ3) is 3.15. The van der Waals surface area contributed by atoms with E-state index in [0.29, 0.717) is 0 Å². The van der Waals surface area contributed by atoms with Crippen molar-refractivity contribution in [3.05, 3.63) is 33.8 Å². The lowest BCUT2D eigenvalue weighted by molar-refractivity contribution is 1.17. The fourth-order valence-electron chi connectivity index (χ4n) is 0.888. The molecule has 0 radical (unpaired) electrons. The molecule has 1 aromatic rings. The molecule has 13 heavy (non-hydrogen) atoms. The van der Waals surface area contributed by atoms with E-state index in [1.54, 1.807) is 12.2 Å². The van der Waals surface area contributed by atoms with Crippen LogP contribution in [-0.2, 0) is 0 Å². The van der Waals surface area contributed by atoms with E-state index >= 15 is 0 Å². The van der Waals surface area contributed by atoms with Crippen LogP contribution in [0.5, 0.6) is 0 Å². The minimum absolute atomic E-state index is 0.189. The number of hydrogen-bond donors (Lipinski definition) is 2. The van der Waals surface area contributed by atoms with Gasteiger partial charge in [-0.3, -0.25) is 0 Å². The molecule has 0 amide bonds. The van der Waals surface area contributed by atoms with E-state index in [0.717, 1.165) is 10.7 Å². The van der Waals surface area contributed by atoms with E-state index in [1.165, 1.54) is 0 Å². The second kappa shape index (κ2) is 6.06. The van der Waals surface area contributed by atoms with Crippen molar-refractivity contribution >= 4 is 12.2 Å². The monoisotopic (exact) mass is 180 g/mol. The molecule has 2 N–H and O–H groups in total. The Morgan fingerprint density at radius 1 is 1.23 bits per heavy atom. The highest BCUT2D eigenvalue weighted by Gasteiger charge is 1.86. The van der Waals surface area contributed by atoms with Crippen LogP contribution >= 0.6 is 0 Å². The molecule has 0 fully saturated rings. The van der Waals surface area contributed by atoms with Crippen molar-refractivity contribution in [2.24, 2.45) is 0 Å². The summed E-state index contributed by atoms with van der Waals surface area (Å²) in [4.78, 5) is 16.0. The molecule has 0 aliphatic rings. The number of nitrogens with one attached hydrogen (secondary N) is 2. The van der Waals surface area contributed by atoms with Gasteiger partial charge in [0, 0.05) is 0 Å². The van der Waals surface area contributed by atoms with Crippen molar-refractivity contribution in [3.8, 4) is 0 Å². The number of aromatic amines is 2. The Labute approximate surface area is 77.5 Å². The Hall–Kier alpha value is -1.51. The molecule has 1 heterocycles. The molecule has 0 unspecified atom stereocenters. The van der Waals surface area contributed by atoms with Crippen LogP contribution in [0.3, 0.4) is 0 Å². The molecular weight excluding hydrogens is 164 g/mol. The quantitative estimate of drug-likeness (QED) is 0.649. The Bertz CT molecular complexity index is 409. The van der Waals surface area contributed by atoms with Gasteiger partial charge in [-0.15, -0.1) is 0 Å². The number of imidazole rings is 1. The summed E-state index contributed by atoms with van der Waals surface area (Å²) in [5, 5.41) is 1.57. The largest absolute Gasteiger partial charge is 0.323 e. The lowest BCUT2D eigenvalue weighted by Crippen LogP contribution is -2.23. The zero-order valence-electron chi connectivity index (χ0n) is 8.35. The number of hydrogen-bond acceptors (Lipinski definition) is 1. The number of H-pyrrole nitrogens is 2. The van der Waals surface area contributed by atoms with Gasteiger partial charge in [0.2, 0.25) is 0 Å². The van der Waals surface area contributed by atoms with Gasteiger partial charge in [-0.05, 0) is 13.0 Å². The highest BCUT2D eigenvalue weighted by Crippen LogP contribution is 1.59. The van der Waals surface area contributed by atoms with Crippen LogP contribution in [0.1, 0.15) is 20.8 Å². The van der Waals surface area contributed by atoms with E-state index in [-0.39, 0.29) is 5.69 Å². The predicted molar refractivity (Wildman–Crippen MR) is 56.8 cm³/mol. The van der Waals surface area contributed by atoms with Crippen molar-refractivity contribution in [2.45, 2.75) is 20.8 Å². The molecule has 0 saturated heterocycles. The Morgan fingerprint density at radius 3 is 2.23 bits per heavy atom. The molecule has 0 spiro atoms. The third-order valence-corrected chi connectivity index (χ3v) is 1.36. The third-order valence-electron chi connectivity index (χ3n) is 1.36. The Balaban J connectivity index is 0.000000671. The lowest BCUT2D eigenvalue weighted by Gasteiger charge is -1.72. The van der Waals surface area contributed by atoms with Crippen molar-refractivity contribution < 1.29 is 0 Å². The van der Waals surface area contributed by atoms with Gasteiger partial charge >= 0.3 is 5.69 Å². The van der Waals surface area contributed by atoms with E-state index in [1.807, 2.05) is 26.8 Å². The molecule has 0 bridgehead atoms. The van der Waals surface area contributed by atoms with Gasteiger partial charge < -0.3 is 9.97 Å². The normalized spacial score (nSPS) is 12.2. The van der Waals surface area contributed by atoms with Crippen molar-refractivity contribution in [1.82, 2.24) is 9.97 Å². The van der Waals surface area contributed by atoms with E-state index in [2.05, 4.69) is 16.5 Å². The highest BCUT2D eigenvalue weighted by molar-refractivity contribution is 5.33. The average Bonchev–Trinajstić information content (AvgIpc) is 2.50. The summed E-state index contributed by atoms with van der Waals surface area (Å²) < 4.78 is 0. The zero-order valence-corrected chi connectivity index (χ0v) is 8.35. The molecule has 1 rings (SSSR count). The number of rotatable bonds is 1. The second-order valence-electron chi connectivity index (χ2n) is 2.10. The molecule has 3 nitrogen and oxygen atoms in total. The number of allylic oxidation sites excluding steroid dienone is 1. The van der Waals surface area contributed by atoms with Crippen LogP contribution < -0.4 is 16.4 Å². The van der Waals surface area contributed by atoms with Gasteiger partial charge in [-0.2, -0.15) is 0 Å². The fourth-order valence-corrected chi connectivity index (χ4v) is 0.888. The van der Waals surface area contributed by atoms with Gasteiger partial charge in [0.25, 0.3) is 0 Å². The Kier molecular flexibility index (Phi) is 5.35. The molecule has 0 aromatic carbocycles. The summed E-state index contributed by atoms with van der Waals surface area (Å²) in [5.74, 6) is 0. The first-order chi connectivity index (χ1) is 6.27. The van der Waals surface area contributed by atoms with Crippen LogP contribution in [0, 0.1) is 0 Å². The second-order valence-corrected chi connectivity index (χ2v) is 2.10. The van der Waals surface area contributed by atoms with E-state index < -0.39 is 0 Å². The van der Waals surface area contributed by atoms with Crippen molar-refractivity contribution in [3.63, 3.8) is 0 Å². The fraction of sp³-hybridized carbons (Fsp3) is 0.300. The van der Waals surface area contributed by atoms with Crippen LogP contribution in [0.4, 0.5) is 0 Å². The highest BCUT2D eigenvalue weighted by atomic mass is 16.1. The molecule has 1 aromatic heterocycles. The molecule has 0 aliphatic heterocycles. The topological polar surface area (TPSA) is 48.6 Å². The Morgan fingerprint density at radius 2 is 1.77 bits per heavy atom. The first kappa shape index (κ1) is 11.5. The average molecular weight is 180 g/mol. The summed E-state index contributed by atoms with van der Waals surface area (Å²) in [5.41, 5.74) is -0.189. The van der Waals surface area contributed by atoms with Gasteiger partial charge in [0.05, 0.1) is 10.7 Å². The molecule has 0 saturated carbocycles. The summed E-state index contributed by atoms with van der Waals surface area (Å²) in [7, 11) is 0. The molecule has 3 heteroatoms. The summed E-state index contributed by atoms with van der Waals surface area (Å²) in [6.45, 7) is 9.40. The van der Waals surface area contributed by atoms with Crippen LogP contribution in [0.15, 0.2) is 17.4 Å². The first-order valence-corrected chi connectivity index (χ1v) is 4.35. The van der Waals surface area contributed by atoms with Crippen molar-refractivity contribution in [2.75, 3.05) is 0 Å². The van der Waals surface area contributed by atoms with Crippen LogP contribution in [0.25, 0.3) is 12.2 Å². The SMILES string of the molecule is C=C/C=c1/[nH]c(=O)[nH]/c1=C/C.CC. The van der Waals surface area contributed by atoms with Crippen molar-refractivity contribution in [1.29, 1.82) is 0 Å². The maximum absolute atomic E-state index is 10.8. The minimum atomic E-state index is -0.189. The molecule has 72 valence electrons. The standard InChI is InChI=1S/C8H10N2O.C2H6/c1-3-5-7-6(4-2)9-8(11)10-7;1-2/h3-5H,1H2,2H3,(H2,9,10,11);1-2H3/b6-4+,7-5+;. The molecule has 0 aliphatic carbocycles. The number of aromatic nitrogens is 2. The van der Waals surface area contributed by atoms with Gasteiger partial charge in [0.15, 0.2) is 0 Å². The zero-order chi connectivity index (χ0) is 10.3. The predicted octanol–water partition coefficient (Wildman–Crippen LogP) is 0.496. The van der Waals surface area contributed by atoms with E-state index in [9.17, 15) is 4.79 Å². The molecule has 0 atom stereocenters. The summed E-state index contributed by atoms with van der Waals surface area (Å²) in [6, 6.07) is 0. The van der Waals surface area contributed by atoms with E-state index in [4.69, 9.17) is 0 Å².